The molecule has 2 aromatic carbocycles. The smallest absolute Gasteiger partial charge is 0.241 e. The van der Waals surface area contributed by atoms with E-state index in [1.54, 1.807) is 23.1 Å². The molecule has 0 bridgehead atoms. The Labute approximate surface area is 163 Å². The van der Waals surface area contributed by atoms with Gasteiger partial charge in [-0.1, -0.05) is 57.3 Å². The van der Waals surface area contributed by atoms with E-state index in [-0.39, 0.29) is 21.5 Å². The number of para-hydroxylation sites is 1. The summed E-state index contributed by atoms with van der Waals surface area (Å²) in [5.74, 6) is 0. The summed E-state index contributed by atoms with van der Waals surface area (Å²) in [4.78, 5) is -0.143. The molecule has 130 valence electrons. The molecule has 25 heavy (non-hydrogen) atoms. The molecule has 1 aromatic heterocycles. The van der Waals surface area contributed by atoms with E-state index in [1.165, 1.54) is 12.1 Å². The van der Waals surface area contributed by atoms with E-state index < -0.39 is 10.0 Å². The van der Waals surface area contributed by atoms with Crippen molar-refractivity contribution in [2.45, 2.75) is 11.4 Å². The van der Waals surface area contributed by atoms with E-state index in [2.05, 4.69) is 25.8 Å². The number of nitrogens with one attached hydrogen (secondary N) is 1. The molecule has 0 fully saturated rings. The summed E-state index contributed by atoms with van der Waals surface area (Å²) in [6.07, 6.45) is 3.44. The van der Waals surface area contributed by atoms with Crippen molar-refractivity contribution in [3.63, 3.8) is 0 Å². The molecule has 0 atom stereocenters. The highest BCUT2D eigenvalue weighted by atomic mass is 79.9. The van der Waals surface area contributed by atoms with Crippen LogP contribution in [0.3, 0.4) is 0 Å². The van der Waals surface area contributed by atoms with Crippen LogP contribution in [0.25, 0.3) is 5.69 Å². The Kier molecular flexibility index (Phi) is 5.50. The van der Waals surface area contributed by atoms with Gasteiger partial charge in [0.1, 0.15) is 4.90 Å². The molecule has 3 rings (SSSR count). The predicted molar refractivity (Wildman–Crippen MR) is 102 cm³/mol. The van der Waals surface area contributed by atoms with Crippen LogP contribution in [0.2, 0.25) is 10.0 Å². The summed E-state index contributed by atoms with van der Waals surface area (Å²) in [7, 11) is -3.89. The van der Waals surface area contributed by atoms with Crippen molar-refractivity contribution in [1.82, 2.24) is 14.5 Å². The second-order valence-electron chi connectivity index (χ2n) is 5.10. The van der Waals surface area contributed by atoms with Crippen molar-refractivity contribution in [3.05, 3.63) is 74.9 Å². The van der Waals surface area contributed by atoms with Gasteiger partial charge in [0.2, 0.25) is 10.0 Å². The van der Waals surface area contributed by atoms with Gasteiger partial charge < -0.3 is 0 Å². The second kappa shape index (κ2) is 7.47. The predicted octanol–water partition coefficient (Wildman–Crippen LogP) is 4.42. The maximum absolute atomic E-state index is 12.6. The van der Waals surface area contributed by atoms with Crippen LogP contribution in [0.5, 0.6) is 0 Å². The van der Waals surface area contributed by atoms with Crippen molar-refractivity contribution in [2.24, 2.45) is 0 Å². The number of benzene rings is 2. The third kappa shape index (κ3) is 4.07. The zero-order chi connectivity index (χ0) is 18.0. The fourth-order valence-corrected chi connectivity index (χ4v) is 5.26. The highest BCUT2D eigenvalue weighted by Gasteiger charge is 2.22. The Balaban J connectivity index is 1.90. The van der Waals surface area contributed by atoms with Crippen LogP contribution >= 0.6 is 39.1 Å². The van der Waals surface area contributed by atoms with Gasteiger partial charge in [0, 0.05) is 23.4 Å². The number of sulfonamides is 1. The normalized spacial score (nSPS) is 11.6. The van der Waals surface area contributed by atoms with Crippen LogP contribution in [0.1, 0.15) is 5.56 Å². The molecule has 0 aliphatic heterocycles. The number of nitrogens with zero attached hydrogens (tertiary/aromatic N) is 2. The molecule has 0 amide bonds. The molecule has 0 unspecified atom stereocenters. The van der Waals surface area contributed by atoms with Crippen LogP contribution < -0.4 is 4.72 Å². The molecule has 1 heterocycles. The second-order valence-corrected chi connectivity index (χ2v) is 8.54. The van der Waals surface area contributed by atoms with Crippen LogP contribution in [0.15, 0.2) is 64.2 Å². The van der Waals surface area contributed by atoms with E-state index in [1.807, 2.05) is 24.3 Å². The SMILES string of the molecule is O=S(=O)(NCc1ccccc1-n1cccn1)c1c(Cl)cc(Br)cc1Cl. The first-order valence-electron chi connectivity index (χ1n) is 7.10. The lowest BCUT2D eigenvalue weighted by Crippen LogP contribution is -2.24. The Bertz CT molecular complexity index is 985. The first kappa shape index (κ1) is 18.4. The van der Waals surface area contributed by atoms with Gasteiger partial charge in [0.05, 0.1) is 15.7 Å². The van der Waals surface area contributed by atoms with E-state index in [0.717, 1.165) is 11.3 Å². The molecule has 5 nitrogen and oxygen atoms in total. The van der Waals surface area contributed by atoms with E-state index in [0.29, 0.717) is 4.47 Å². The number of hydrogen-bond donors (Lipinski definition) is 1. The van der Waals surface area contributed by atoms with E-state index in [4.69, 9.17) is 23.2 Å². The van der Waals surface area contributed by atoms with Crippen molar-refractivity contribution >= 4 is 49.2 Å². The van der Waals surface area contributed by atoms with Gasteiger partial charge in [-0.25, -0.2) is 17.8 Å². The first-order valence-corrected chi connectivity index (χ1v) is 10.1. The average Bonchev–Trinajstić information content (AvgIpc) is 3.06. The van der Waals surface area contributed by atoms with Gasteiger partial charge in [-0.2, -0.15) is 5.10 Å². The fourth-order valence-electron chi connectivity index (χ4n) is 2.33. The van der Waals surface area contributed by atoms with Crippen LogP contribution in [-0.2, 0) is 16.6 Å². The van der Waals surface area contributed by atoms with Crippen molar-refractivity contribution in [2.75, 3.05) is 0 Å². The Hall–Kier alpha value is -1.38. The van der Waals surface area contributed by atoms with Gasteiger partial charge in [-0.3, -0.25) is 0 Å². The molecule has 0 spiro atoms. The van der Waals surface area contributed by atoms with Gasteiger partial charge in [-0.15, -0.1) is 0 Å². The summed E-state index contributed by atoms with van der Waals surface area (Å²) >= 11 is 15.4. The summed E-state index contributed by atoms with van der Waals surface area (Å²) in [6, 6.07) is 12.1. The standard InChI is InChI=1S/C16H12BrCl2N3O2S/c17-12-8-13(18)16(14(19)9-12)25(23,24)21-10-11-4-1-2-5-15(11)22-7-3-6-20-22/h1-9,21H,10H2. The van der Waals surface area contributed by atoms with E-state index in [9.17, 15) is 8.42 Å². The number of hydrogen-bond acceptors (Lipinski definition) is 3. The molecular formula is C16H12BrCl2N3O2S. The molecule has 0 radical (unpaired) electrons. The largest absolute Gasteiger partial charge is 0.243 e. The fraction of sp³-hybridized carbons (Fsp3) is 0.0625. The highest BCUT2D eigenvalue weighted by Crippen LogP contribution is 2.32. The maximum atomic E-state index is 12.6. The van der Waals surface area contributed by atoms with Gasteiger partial charge in [0.15, 0.2) is 0 Å². The summed E-state index contributed by atoms with van der Waals surface area (Å²) in [6.45, 7) is 0.0705. The molecule has 3 aromatic rings. The summed E-state index contributed by atoms with van der Waals surface area (Å²) < 4.78 is 30.1. The summed E-state index contributed by atoms with van der Waals surface area (Å²) in [5.41, 5.74) is 1.54. The minimum atomic E-state index is -3.89. The molecule has 9 heteroatoms. The molecule has 0 aliphatic rings. The molecule has 0 aliphatic carbocycles. The van der Waals surface area contributed by atoms with E-state index >= 15 is 0 Å². The number of aromatic nitrogens is 2. The van der Waals surface area contributed by atoms with Crippen molar-refractivity contribution < 1.29 is 8.42 Å². The van der Waals surface area contributed by atoms with Crippen LogP contribution in [0, 0.1) is 0 Å². The first-order chi connectivity index (χ1) is 11.9. The van der Waals surface area contributed by atoms with Gasteiger partial charge in [-0.05, 0) is 29.8 Å². The Morgan fingerprint density at radius 1 is 1.12 bits per heavy atom. The van der Waals surface area contributed by atoms with Crippen LogP contribution in [0.4, 0.5) is 0 Å². The highest BCUT2D eigenvalue weighted by molar-refractivity contribution is 9.10. The lowest BCUT2D eigenvalue weighted by molar-refractivity contribution is 0.581. The van der Waals surface area contributed by atoms with Gasteiger partial charge in [0.25, 0.3) is 0 Å². The minimum absolute atomic E-state index is 0.0484. The third-order valence-electron chi connectivity index (χ3n) is 3.43. The van der Waals surface area contributed by atoms with Crippen molar-refractivity contribution in [3.8, 4) is 5.69 Å². The molecule has 0 saturated heterocycles. The minimum Gasteiger partial charge on any atom is -0.241 e. The topological polar surface area (TPSA) is 64.0 Å². The molecular weight excluding hydrogens is 449 g/mol. The zero-order valence-electron chi connectivity index (χ0n) is 12.7. The van der Waals surface area contributed by atoms with Gasteiger partial charge >= 0.3 is 0 Å². The van der Waals surface area contributed by atoms with Crippen molar-refractivity contribution in [1.29, 1.82) is 0 Å². The zero-order valence-corrected chi connectivity index (χ0v) is 16.6. The monoisotopic (exact) mass is 459 g/mol. The third-order valence-corrected chi connectivity index (χ3v) is 6.21. The maximum Gasteiger partial charge on any atom is 0.243 e. The molecule has 1 N–H and O–H groups in total. The quantitative estimate of drug-likeness (QED) is 0.612. The Morgan fingerprint density at radius 2 is 1.80 bits per heavy atom. The lowest BCUT2D eigenvalue weighted by atomic mass is 10.2. The van der Waals surface area contributed by atoms with Crippen LogP contribution in [-0.4, -0.2) is 18.2 Å². The lowest BCUT2D eigenvalue weighted by Gasteiger charge is -2.13. The molecule has 0 saturated carbocycles. The number of halogens is 3. The summed E-state index contributed by atoms with van der Waals surface area (Å²) in [5, 5.41) is 4.28. The number of rotatable bonds is 5. The Morgan fingerprint density at radius 3 is 2.44 bits per heavy atom. The average molecular weight is 461 g/mol.